The maximum Gasteiger partial charge on any atom is 0.336 e. The van der Waals surface area contributed by atoms with Crippen LogP contribution in [0.5, 0.6) is 0 Å². The van der Waals surface area contributed by atoms with Crippen molar-refractivity contribution in [1.82, 2.24) is 5.32 Å². The number of ketones is 1. The third kappa shape index (κ3) is 2.85. The van der Waals surface area contributed by atoms with Crippen LogP contribution in [-0.2, 0) is 14.3 Å². The molecule has 4 nitrogen and oxygen atoms in total. The van der Waals surface area contributed by atoms with Crippen LogP contribution >= 0.6 is 11.3 Å². The van der Waals surface area contributed by atoms with E-state index in [1.54, 1.807) is 18.3 Å². The molecule has 0 aromatic carbocycles. The molecular formula is C18H21NO3S. The Balaban J connectivity index is 2.14. The minimum absolute atomic E-state index is 0.143. The van der Waals surface area contributed by atoms with Gasteiger partial charge in [-0.15, -0.1) is 11.3 Å². The van der Waals surface area contributed by atoms with Crippen LogP contribution in [0.3, 0.4) is 0 Å². The smallest absolute Gasteiger partial charge is 0.336 e. The van der Waals surface area contributed by atoms with Crippen LogP contribution in [0.15, 0.2) is 34.7 Å². The molecule has 0 amide bonds. The normalized spacial score (nSPS) is 21.2. The Kier molecular flexibility index (Phi) is 4.39. The summed E-state index contributed by atoms with van der Waals surface area (Å²) in [6, 6.07) is 4.06. The zero-order valence-electron chi connectivity index (χ0n) is 13.7. The van der Waals surface area contributed by atoms with E-state index in [0.29, 0.717) is 18.6 Å². The Labute approximate surface area is 140 Å². The fraction of sp³-hybridized carbons (Fsp3) is 0.444. The number of carbonyl (C=O) groups excluding carboxylic acids is 2. The quantitative estimate of drug-likeness (QED) is 0.860. The molecule has 1 N–H and O–H groups in total. The second-order valence-electron chi connectivity index (χ2n) is 5.93. The van der Waals surface area contributed by atoms with Gasteiger partial charge in [0.05, 0.1) is 18.1 Å². The summed E-state index contributed by atoms with van der Waals surface area (Å²) in [5.74, 6) is -0.487. The zero-order valence-corrected chi connectivity index (χ0v) is 14.5. The van der Waals surface area contributed by atoms with Crippen LogP contribution in [0.1, 0.15) is 48.8 Å². The minimum atomic E-state index is -0.335. The highest BCUT2D eigenvalue weighted by Gasteiger charge is 2.39. The Morgan fingerprint density at radius 1 is 1.35 bits per heavy atom. The molecule has 122 valence electrons. The molecule has 5 heteroatoms. The maximum absolute atomic E-state index is 12.6. The van der Waals surface area contributed by atoms with E-state index in [0.717, 1.165) is 34.7 Å². The summed E-state index contributed by atoms with van der Waals surface area (Å²) < 4.78 is 5.26. The summed E-state index contributed by atoms with van der Waals surface area (Å²) in [6.07, 6.45) is 2.27. The van der Waals surface area contributed by atoms with Gasteiger partial charge in [0.25, 0.3) is 0 Å². The summed E-state index contributed by atoms with van der Waals surface area (Å²) in [6.45, 7) is 6.05. The highest BCUT2D eigenvalue weighted by Crippen LogP contribution is 2.44. The molecule has 2 heterocycles. The van der Waals surface area contributed by atoms with E-state index in [1.807, 2.05) is 26.0 Å². The van der Waals surface area contributed by atoms with E-state index in [9.17, 15) is 9.59 Å². The van der Waals surface area contributed by atoms with Gasteiger partial charge in [0.1, 0.15) is 0 Å². The summed E-state index contributed by atoms with van der Waals surface area (Å²) in [5, 5.41) is 3.29. The van der Waals surface area contributed by atoms with Gasteiger partial charge in [-0.25, -0.2) is 4.79 Å². The lowest BCUT2D eigenvalue weighted by atomic mass is 9.78. The molecule has 1 aliphatic carbocycles. The van der Waals surface area contributed by atoms with Crippen LogP contribution in [0.2, 0.25) is 0 Å². The number of allylic oxidation sites excluding steroid dienone is 3. The average Bonchev–Trinajstić information content (AvgIpc) is 2.92. The van der Waals surface area contributed by atoms with Crippen molar-refractivity contribution in [2.75, 3.05) is 6.61 Å². The van der Waals surface area contributed by atoms with E-state index in [1.165, 1.54) is 4.88 Å². The highest BCUT2D eigenvalue weighted by atomic mass is 32.1. The summed E-state index contributed by atoms with van der Waals surface area (Å²) >= 11 is 1.64. The van der Waals surface area contributed by atoms with Gasteiger partial charge in [-0.1, -0.05) is 0 Å². The lowest BCUT2D eigenvalue weighted by Gasteiger charge is -2.33. The van der Waals surface area contributed by atoms with Gasteiger partial charge < -0.3 is 10.1 Å². The van der Waals surface area contributed by atoms with E-state index in [4.69, 9.17) is 4.74 Å². The number of thiophene rings is 1. The van der Waals surface area contributed by atoms with Crippen molar-refractivity contribution < 1.29 is 14.3 Å². The average molecular weight is 331 g/mol. The summed E-state index contributed by atoms with van der Waals surface area (Å²) in [7, 11) is 0. The molecule has 1 atom stereocenters. The number of hydrogen-bond donors (Lipinski definition) is 1. The predicted octanol–water partition coefficient (Wildman–Crippen LogP) is 3.59. The Bertz CT molecular complexity index is 726. The van der Waals surface area contributed by atoms with Crippen LogP contribution in [0, 0.1) is 6.92 Å². The van der Waals surface area contributed by atoms with Crippen molar-refractivity contribution in [2.24, 2.45) is 0 Å². The lowest BCUT2D eigenvalue weighted by molar-refractivity contribution is -0.138. The number of rotatable bonds is 3. The van der Waals surface area contributed by atoms with Crippen molar-refractivity contribution >= 4 is 23.1 Å². The largest absolute Gasteiger partial charge is 0.463 e. The molecule has 0 saturated heterocycles. The number of hydrogen-bond acceptors (Lipinski definition) is 5. The first kappa shape index (κ1) is 16.0. The van der Waals surface area contributed by atoms with Crippen molar-refractivity contribution in [3.63, 3.8) is 0 Å². The topological polar surface area (TPSA) is 55.4 Å². The molecule has 1 aliphatic heterocycles. The fourth-order valence-corrected chi connectivity index (χ4v) is 4.35. The monoisotopic (exact) mass is 331 g/mol. The maximum atomic E-state index is 12.6. The third-order valence-corrected chi connectivity index (χ3v) is 5.38. The van der Waals surface area contributed by atoms with E-state index in [-0.39, 0.29) is 17.7 Å². The number of esters is 1. The SMILES string of the molecule is CCOC(=O)C1=C(C)NC2=C(C(=O)CCC2)[C@@H]1c1ccc(C)s1. The Morgan fingerprint density at radius 3 is 2.78 bits per heavy atom. The molecule has 0 bridgehead atoms. The van der Waals surface area contributed by atoms with E-state index in [2.05, 4.69) is 5.32 Å². The number of dihydropyridines is 1. The van der Waals surface area contributed by atoms with Crippen LogP contribution in [-0.4, -0.2) is 18.4 Å². The minimum Gasteiger partial charge on any atom is -0.463 e. The van der Waals surface area contributed by atoms with Crippen molar-refractivity contribution in [3.05, 3.63) is 44.4 Å². The van der Waals surface area contributed by atoms with Gasteiger partial charge in [0, 0.05) is 33.1 Å². The molecule has 0 unspecified atom stereocenters. The highest BCUT2D eigenvalue weighted by molar-refractivity contribution is 7.12. The van der Waals surface area contributed by atoms with Gasteiger partial charge in [0.15, 0.2) is 5.78 Å². The molecule has 0 fully saturated rings. The second-order valence-corrected chi connectivity index (χ2v) is 7.25. The molecular weight excluding hydrogens is 310 g/mol. The van der Waals surface area contributed by atoms with Crippen LogP contribution in [0.4, 0.5) is 0 Å². The number of aryl methyl sites for hydroxylation is 1. The van der Waals surface area contributed by atoms with Gasteiger partial charge in [0.2, 0.25) is 0 Å². The number of nitrogens with one attached hydrogen (secondary N) is 1. The molecule has 0 radical (unpaired) electrons. The second kappa shape index (κ2) is 6.32. The van der Waals surface area contributed by atoms with Crippen LogP contribution < -0.4 is 5.32 Å². The van der Waals surface area contributed by atoms with Crippen molar-refractivity contribution in [1.29, 1.82) is 0 Å². The van der Waals surface area contributed by atoms with Crippen molar-refractivity contribution in [2.45, 2.75) is 46.0 Å². The first-order valence-electron chi connectivity index (χ1n) is 8.00. The fourth-order valence-electron chi connectivity index (χ4n) is 3.36. The molecule has 3 rings (SSSR count). The van der Waals surface area contributed by atoms with Gasteiger partial charge in [-0.05, 0) is 45.7 Å². The Hall–Kier alpha value is -1.88. The molecule has 1 aromatic heterocycles. The first-order valence-corrected chi connectivity index (χ1v) is 8.82. The molecule has 23 heavy (non-hydrogen) atoms. The molecule has 1 aromatic rings. The summed E-state index contributed by atoms with van der Waals surface area (Å²) in [4.78, 5) is 27.3. The predicted molar refractivity (Wildman–Crippen MR) is 90.1 cm³/mol. The summed E-state index contributed by atoms with van der Waals surface area (Å²) in [5.41, 5.74) is 3.10. The Morgan fingerprint density at radius 2 is 2.13 bits per heavy atom. The lowest BCUT2D eigenvalue weighted by Crippen LogP contribution is -2.34. The number of carbonyl (C=O) groups is 2. The third-order valence-electron chi connectivity index (χ3n) is 4.32. The first-order chi connectivity index (χ1) is 11.0. The zero-order chi connectivity index (χ0) is 16.6. The molecule has 0 spiro atoms. The standard InChI is InChI=1S/C18H21NO3S/c1-4-22-18(21)15-11(3)19-12-6-5-7-13(20)16(12)17(15)14-9-8-10(2)23-14/h8-9,17,19H,4-7H2,1-3H3/t17-/m1/s1. The van der Waals surface area contributed by atoms with Crippen LogP contribution in [0.25, 0.3) is 0 Å². The van der Waals surface area contributed by atoms with E-state index >= 15 is 0 Å². The molecule has 2 aliphatic rings. The molecule has 0 saturated carbocycles. The van der Waals surface area contributed by atoms with Crippen molar-refractivity contribution in [3.8, 4) is 0 Å². The van der Waals surface area contributed by atoms with Gasteiger partial charge in [-0.3, -0.25) is 4.79 Å². The van der Waals surface area contributed by atoms with E-state index < -0.39 is 0 Å². The van der Waals surface area contributed by atoms with Gasteiger partial charge >= 0.3 is 5.97 Å². The number of Topliss-reactive ketones (excluding diaryl/α,β-unsaturated/α-hetero) is 1. The van der Waals surface area contributed by atoms with Gasteiger partial charge in [-0.2, -0.15) is 0 Å². The number of ether oxygens (including phenoxy) is 1.